The maximum Gasteiger partial charge on any atom is 0.237 e. The number of hydrogen-bond acceptors (Lipinski definition) is 3. The summed E-state index contributed by atoms with van der Waals surface area (Å²) in [6, 6.07) is 11.7. The standard InChI is InChI=1S/C22H33N3O.2ClH/c26-22(21-16-18-8-4-5-9-20(18)24-21)23-19-11-14-25(15-12-19)13-10-17-6-2-1-3-7-17;;/h1-3,6-7,18-21,24H,4-5,8-16H2,(H,23,26);2*1H. The molecule has 2 N–H and O–H groups in total. The first-order chi connectivity index (χ1) is 12.8. The summed E-state index contributed by atoms with van der Waals surface area (Å²) >= 11 is 0. The third-order valence-corrected chi connectivity index (χ3v) is 6.67. The molecule has 0 aromatic heterocycles. The minimum Gasteiger partial charge on any atom is -0.352 e. The lowest BCUT2D eigenvalue weighted by molar-refractivity contribution is -0.123. The maximum atomic E-state index is 12.7. The first-order valence-corrected chi connectivity index (χ1v) is 10.6. The minimum atomic E-state index is 0. The van der Waals surface area contributed by atoms with Crippen LogP contribution in [0.5, 0.6) is 0 Å². The Bertz CT molecular complexity index is 579. The SMILES string of the molecule is Cl.Cl.O=C(NC1CCN(CCc2ccccc2)CC1)C1CC2CCCCC2N1. The van der Waals surface area contributed by atoms with Crippen LogP contribution in [-0.4, -0.2) is 48.6 Å². The number of amides is 1. The Morgan fingerprint density at radius 1 is 1.04 bits per heavy atom. The van der Waals surface area contributed by atoms with E-state index in [1.165, 1.54) is 31.2 Å². The summed E-state index contributed by atoms with van der Waals surface area (Å²) < 4.78 is 0. The van der Waals surface area contributed by atoms with Crippen molar-refractivity contribution in [1.82, 2.24) is 15.5 Å². The van der Waals surface area contributed by atoms with Crippen LogP contribution in [0.1, 0.15) is 50.5 Å². The van der Waals surface area contributed by atoms with E-state index in [2.05, 4.69) is 45.9 Å². The van der Waals surface area contributed by atoms with E-state index < -0.39 is 0 Å². The van der Waals surface area contributed by atoms with E-state index in [1.54, 1.807) is 0 Å². The quantitative estimate of drug-likeness (QED) is 0.754. The van der Waals surface area contributed by atoms with Crippen LogP contribution in [0.2, 0.25) is 0 Å². The fourth-order valence-electron chi connectivity index (χ4n) is 5.06. The molecule has 1 amide bonds. The minimum absolute atomic E-state index is 0. The van der Waals surface area contributed by atoms with Crippen molar-refractivity contribution in [3.05, 3.63) is 35.9 Å². The van der Waals surface area contributed by atoms with Crippen molar-refractivity contribution in [2.75, 3.05) is 19.6 Å². The summed E-state index contributed by atoms with van der Waals surface area (Å²) in [5.74, 6) is 0.987. The Balaban J connectivity index is 0.00000140. The molecule has 0 radical (unpaired) electrons. The van der Waals surface area contributed by atoms with Gasteiger partial charge in [-0.15, -0.1) is 24.8 Å². The highest BCUT2D eigenvalue weighted by atomic mass is 35.5. The molecule has 3 fully saturated rings. The highest BCUT2D eigenvalue weighted by Gasteiger charge is 2.38. The van der Waals surface area contributed by atoms with Gasteiger partial charge in [0.15, 0.2) is 0 Å². The van der Waals surface area contributed by atoms with Crippen LogP contribution in [0.3, 0.4) is 0 Å². The number of nitrogens with one attached hydrogen (secondary N) is 2. The van der Waals surface area contributed by atoms with Gasteiger partial charge in [-0.3, -0.25) is 4.79 Å². The molecule has 3 atom stereocenters. The van der Waals surface area contributed by atoms with E-state index in [0.717, 1.165) is 51.2 Å². The molecule has 0 bridgehead atoms. The summed E-state index contributed by atoms with van der Waals surface area (Å²) in [4.78, 5) is 15.2. The lowest BCUT2D eigenvalue weighted by Crippen LogP contribution is -2.50. The maximum absolute atomic E-state index is 12.7. The molecule has 2 saturated heterocycles. The number of piperidine rings is 1. The lowest BCUT2D eigenvalue weighted by atomic mass is 9.85. The van der Waals surface area contributed by atoms with Gasteiger partial charge in [-0.2, -0.15) is 0 Å². The number of hydrogen-bond donors (Lipinski definition) is 2. The van der Waals surface area contributed by atoms with Crippen LogP contribution >= 0.6 is 24.8 Å². The predicted octanol–water partition coefficient (Wildman–Crippen LogP) is 3.57. The topological polar surface area (TPSA) is 44.4 Å². The average Bonchev–Trinajstić information content (AvgIpc) is 3.13. The van der Waals surface area contributed by atoms with Crippen molar-refractivity contribution in [1.29, 1.82) is 0 Å². The summed E-state index contributed by atoms with van der Waals surface area (Å²) in [5.41, 5.74) is 1.41. The average molecular weight is 428 g/mol. The summed E-state index contributed by atoms with van der Waals surface area (Å²) in [6.07, 6.45) is 9.57. The highest BCUT2D eigenvalue weighted by molar-refractivity contribution is 5.85. The van der Waals surface area contributed by atoms with Crippen molar-refractivity contribution in [2.45, 2.75) is 69.5 Å². The van der Waals surface area contributed by atoms with E-state index in [-0.39, 0.29) is 36.8 Å². The second-order valence-corrected chi connectivity index (χ2v) is 8.47. The second kappa shape index (κ2) is 11.4. The monoisotopic (exact) mass is 427 g/mol. The summed E-state index contributed by atoms with van der Waals surface area (Å²) in [6.45, 7) is 3.32. The fourth-order valence-corrected chi connectivity index (χ4v) is 5.06. The molecule has 1 aromatic rings. The second-order valence-electron chi connectivity index (χ2n) is 8.47. The number of carbonyl (C=O) groups excluding carboxylic acids is 1. The first-order valence-electron chi connectivity index (χ1n) is 10.6. The van der Waals surface area contributed by atoms with Crippen molar-refractivity contribution < 1.29 is 4.79 Å². The van der Waals surface area contributed by atoms with E-state index in [1.807, 2.05) is 0 Å². The molecule has 1 aliphatic carbocycles. The van der Waals surface area contributed by atoms with Gasteiger partial charge >= 0.3 is 0 Å². The number of fused-ring (bicyclic) bond motifs is 1. The molecule has 1 saturated carbocycles. The molecular weight excluding hydrogens is 393 g/mol. The van der Waals surface area contributed by atoms with Crippen LogP contribution < -0.4 is 10.6 Å². The summed E-state index contributed by atoms with van der Waals surface area (Å²) in [7, 11) is 0. The molecule has 1 aromatic carbocycles. The van der Waals surface area contributed by atoms with Gasteiger partial charge in [0.2, 0.25) is 5.91 Å². The largest absolute Gasteiger partial charge is 0.352 e. The van der Waals surface area contributed by atoms with E-state index in [9.17, 15) is 4.79 Å². The molecule has 2 aliphatic heterocycles. The number of nitrogens with zero attached hydrogens (tertiary/aromatic N) is 1. The zero-order valence-electron chi connectivity index (χ0n) is 16.6. The van der Waals surface area contributed by atoms with Gasteiger partial charge in [0.1, 0.15) is 0 Å². The van der Waals surface area contributed by atoms with Crippen molar-refractivity contribution in [3.8, 4) is 0 Å². The summed E-state index contributed by atoms with van der Waals surface area (Å²) in [5, 5.41) is 6.94. The highest BCUT2D eigenvalue weighted by Crippen LogP contribution is 2.33. The number of benzene rings is 1. The van der Waals surface area contributed by atoms with Gasteiger partial charge in [0.05, 0.1) is 6.04 Å². The van der Waals surface area contributed by atoms with Gasteiger partial charge in [0, 0.05) is 31.7 Å². The first kappa shape index (κ1) is 23.5. The van der Waals surface area contributed by atoms with Crippen LogP contribution in [-0.2, 0) is 11.2 Å². The van der Waals surface area contributed by atoms with Crippen LogP contribution in [0.15, 0.2) is 30.3 Å². The normalized spacial score (nSPS) is 27.9. The van der Waals surface area contributed by atoms with Gasteiger partial charge in [-0.1, -0.05) is 43.2 Å². The molecule has 4 nitrogen and oxygen atoms in total. The lowest BCUT2D eigenvalue weighted by Gasteiger charge is -2.33. The van der Waals surface area contributed by atoms with Gasteiger partial charge in [-0.25, -0.2) is 0 Å². The van der Waals surface area contributed by atoms with Crippen molar-refractivity contribution in [2.24, 2.45) is 5.92 Å². The molecule has 3 aliphatic rings. The van der Waals surface area contributed by atoms with Crippen LogP contribution in [0.4, 0.5) is 0 Å². The van der Waals surface area contributed by atoms with Gasteiger partial charge in [-0.05, 0) is 50.0 Å². The number of rotatable bonds is 5. The smallest absolute Gasteiger partial charge is 0.237 e. The molecule has 158 valence electrons. The molecule has 0 spiro atoms. The Morgan fingerprint density at radius 2 is 1.75 bits per heavy atom. The van der Waals surface area contributed by atoms with Gasteiger partial charge < -0.3 is 15.5 Å². The van der Waals surface area contributed by atoms with E-state index in [0.29, 0.717) is 12.1 Å². The molecule has 6 heteroatoms. The molecule has 28 heavy (non-hydrogen) atoms. The molecular formula is C22H35Cl2N3O. The Hall–Kier alpha value is -0.810. The number of halogens is 2. The molecule has 3 unspecified atom stereocenters. The number of likely N-dealkylation sites (tertiary alicyclic amines) is 1. The van der Waals surface area contributed by atoms with Crippen molar-refractivity contribution >= 4 is 30.7 Å². The molecule has 2 heterocycles. The van der Waals surface area contributed by atoms with Crippen LogP contribution in [0, 0.1) is 5.92 Å². The zero-order chi connectivity index (χ0) is 17.8. The fraction of sp³-hybridized carbons (Fsp3) is 0.682. The molecule has 4 rings (SSSR count). The van der Waals surface area contributed by atoms with Crippen LogP contribution in [0.25, 0.3) is 0 Å². The zero-order valence-corrected chi connectivity index (χ0v) is 18.3. The van der Waals surface area contributed by atoms with E-state index >= 15 is 0 Å². The Morgan fingerprint density at radius 3 is 2.46 bits per heavy atom. The van der Waals surface area contributed by atoms with E-state index in [4.69, 9.17) is 0 Å². The predicted molar refractivity (Wildman–Crippen MR) is 120 cm³/mol. The Labute approximate surface area is 182 Å². The third kappa shape index (κ3) is 6.09. The van der Waals surface area contributed by atoms with Crippen molar-refractivity contribution in [3.63, 3.8) is 0 Å². The van der Waals surface area contributed by atoms with Gasteiger partial charge in [0.25, 0.3) is 0 Å². The third-order valence-electron chi connectivity index (χ3n) is 6.67. The number of carbonyl (C=O) groups is 1. The Kier molecular flexibility index (Phi) is 9.55.